The smallest absolute Gasteiger partial charge is 0.336 e. The molecule has 0 saturated heterocycles. The van der Waals surface area contributed by atoms with Crippen molar-refractivity contribution in [2.24, 2.45) is 0 Å². The highest BCUT2D eigenvalue weighted by Gasteiger charge is 2.13. The molecule has 2 nitrogen and oxygen atoms in total. The van der Waals surface area contributed by atoms with Gasteiger partial charge in [0.25, 0.3) is 0 Å². The molecule has 0 aliphatic carbocycles. The number of halogens is 3. The molecule has 0 saturated carbocycles. The minimum Gasteiger partial charge on any atom is -0.478 e. The van der Waals surface area contributed by atoms with E-state index in [9.17, 15) is 14.3 Å². The molecule has 2 aromatic carbocycles. The van der Waals surface area contributed by atoms with Gasteiger partial charge in [-0.1, -0.05) is 47.5 Å². The minimum absolute atomic E-state index is 0.0614. The SMILES string of the molecule is O=C(O)/C(=C\c1ccccc1F)c1ccc(Cl)c(Cl)c1. The molecular formula is C15H9Cl2FO2. The summed E-state index contributed by atoms with van der Waals surface area (Å²) in [7, 11) is 0. The van der Waals surface area contributed by atoms with Gasteiger partial charge in [0.1, 0.15) is 5.82 Å². The lowest BCUT2D eigenvalue weighted by Gasteiger charge is -2.05. The zero-order valence-electron chi connectivity index (χ0n) is 10.1. The molecule has 0 bridgehead atoms. The zero-order valence-corrected chi connectivity index (χ0v) is 11.6. The van der Waals surface area contributed by atoms with E-state index < -0.39 is 11.8 Å². The Morgan fingerprint density at radius 2 is 1.80 bits per heavy atom. The third-order valence-electron chi connectivity index (χ3n) is 2.67. The van der Waals surface area contributed by atoms with E-state index in [1.807, 2.05) is 0 Å². The molecule has 102 valence electrons. The Morgan fingerprint density at radius 1 is 1.10 bits per heavy atom. The highest BCUT2D eigenvalue weighted by molar-refractivity contribution is 6.42. The first-order chi connectivity index (χ1) is 9.49. The van der Waals surface area contributed by atoms with Crippen molar-refractivity contribution in [3.8, 4) is 0 Å². The summed E-state index contributed by atoms with van der Waals surface area (Å²) in [5.41, 5.74) is 0.486. The van der Waals surface area contributed by atoms with Gasteiger partial charge in [0.15, 0.2) is 0 Å². The molecule has 0 aliphatic heterocycles. The maximum absolute atomic E-state index is 13.6. The molecule has 0 atom stereocenters. The second-order valence-corrected chi connectivity index (χ2v) is 4.83. The first kappa shape index (κ1) is 14.6. The van der Waals surface area contributed by atoms with E-state index in [0.717, 1.165) is 0 Å². The summed E-state index contributed by atoms with van der Waals surface area (Å²) in [6, 6.07) is 10.4. The monoisotopic (exact) mass is 310 g/mol. The number of hydrogen-bond donors (Lipinski definition) is 1. The van der Waals surface area contributed by atoms with Crippen LogP contribution < -0.4 is 0 Å². The second-order valence-electron chi connectivity index (χ2n) is 4.01. The van der Waals surface area contributed by atoms with Gasteiger partial charge in [-0.25, -0.2) is 9.18 Å². The van der Waals surface area contributed by atoms with Gasteiger partial charge in [-0.3, -0.25) is 0 Å². The van der Waals surface area contributed by atoms with E-state index >= 15 is 0 Å². The van der Waals surface area contributed by atoms with E-state index in [0.29, 0.717) is 10.6 Å². The molecule has 0 amide bonds. The standard InChI is InChI=1S/C15H9Cl2FO2/c16-12-6-5-9(8-13(12)17)11(15(19)20)7-10-3-1-2-4-14(10)18/h1-8H,(H,19,20)/b11-7-. The molecule has 0 heterocycles. The number of rotatable bonds is 3. The fourth-order valence-corrected chi connectivity index (χ4v) is 1.98. The topological polar surface area (TPSA) is 37.3 Å². The van der Waals surface area contributed by atoms with Crippen molar-refractivity contribution in [3.63, 3.8) is 0 Å². The quantitative estimate of drug-likeness (QED) is 0.655. The van der Waals surface area contributed by atoms with Crippen LogP contribution in [0, 0.1) is 5.82 Å². The van der Waals surface area contributed by atoms with Gasteiger partial charge in [0, 0.05) is 5.56 Å². The molecule has 5 heteroatoms. The molecule has 0 aromatic heterocycles. The van der Waals surface area contributed by atoms with E-state index in [2.05, 4.69) is 0 Å². The molecule has 0 radical (unpaired) electrons. The molecule has 1 N–H and O–H groups in total. The summed E-state index contributed by atoms with van der Waals surface area (Å²) in [6.07, 6.45) is 1.26. The Bertz CT molecular complexity index is 696. The number of carboxylic acid groups (broad SMARTS) is 1. The average molecular weight is 311 g/mol. The fraction of sp³-hybridized carbons (Fsp3) is 0. The second kappa shape index (κ2) is 6.07. The van der Waals surface area contributed by atoms with Gasteiger partial charge < -0.3 is 5.11 Å². The Labute approximate surface area is 125 Å². The molecule has 2 rings (SSSR count). The first-order valence-electron chi connectivity index (χ1n) is 5.64. The number of carboxylic acids is 1. The van der Waals surface area contributed by atoms with Gasteiger partial charge in [0.05, 0.1) is 15.6 Å². The molecule has 0 unspecified atom stereocenters. The number of benzene rings is 2. The lowest BCUT2D eigenvalue weighted by atomic mass is 10.0. The van der Waals surface area contributed by atoms with E-state index in [4.69, 9.17) is 23.2 Å². The summed E-state index contributed by atoms with van der Waals surface area (Å²) in [5, 5.41) is 9.84. The van der Waals surface area contributed by atoms with Gasteiger partial charge in [0.2, 0.25) is 0 Å². The molecule has 0 spiro atoms. The highest BCUT2D eigenvalue weighted by atomic mass is 35.5. The number of carbonyl (C=O) groups is 1. The Balaban J connectivity index is 2.54. The van der Waals surface area contributed by atoms with Crippen molar-refractivity contribution in [3.05, 3.63) is 69.5 Å². The van der Waals surface area contributed by atoms with Crippen molar-refractivity contribution in [2.45, 2.75) is 0 Å². The van der Waals surface area contributed by atoms with Crippen LogP contribution in [0.1, 0.15) is 11.1 Å². The van der Waals surface area contributed by atoms with Crippen molar-refractivity contribution < 1.29 is 14.3 Å². The van der Waals surface area contributed by atoms with Crippen molar-refractivity contribution >= 4 is 40.8 Å². The van der Waals surface area contributed by atoms with Crippen LogP contribution in [0.4, 0.5) is 4.39 Å². The van der Waals surface area contributed by atoms with Crippen LogP contribution in [0.25, 0.3) is 11.6 Å². The number of hydrogen-bond acceptors (Lipinski definition) is 1. The molecule has 0 aliphatic rings. The predicted octanol–water partition coefficient (Wildman–Crippen LogP) is 4.76. The first-order valence-corrected chi connectivity index (χ1v) is 6.39. The van der Waals surface area contributed by atoms with E-state index in [1.165, 1.54) is 42.5 Å². The van der Waals surface area contributed by atoms with E-state index in [1.54, 1.807) is 6.07 Å². The van der Waals surface area contributed by atoms with E-state index in [-0.39, 0.29) is 16.2 Å². The minimum atomic E-state index is -1.17. The van der Waals surface area contributed by atoms with Crippen LogP contribution in [0.5, 0.6) is 0 Å². The summed E-state index contributed by atoms with van der Waals surface area (Å²) >= 11 is 11.7. The normalized spacial score (nSPS) is 11.4. The van der Waals surface area contributed by atoms with Crippen LogP contribution in [0.3, 0.4) is 0 Å². The average Bonchev–Trinajstić information content (AvgIpc) is 2.41. The maximum Gasteiger partial charge on any atom is 0.336 e. The van der Waals surface area contributed by atoms with Crippen molar-refractivity contribution in [1.82, 2.24) is 0 Å². The zero-order chi connectivity index (χ0) is 14.7. The Hall–Kier alpha value is -1.84. The Morgan fingerprint density at radius 3 is 2.40 bits per heavy atom. The van der Waals surface area contributed by atoms with Crippen LogP contribution >= 0.6 is 23.2 Å². The van der Waals surface area contributed by atoms with Gasteiger partial charge in [-0.05, 0) is 29.8 Å². The summed E-state index contributed by atoms with van der Waals surface area (Å²) in [6.45, 7) is 0. The molecule has 0 fully saturated rings. The van der Waals surface area contributed by atoms with Crippen molar-refractivity contribution in [1.29, 1.82) is 0 Å². The third-order valence-corrected chi connectivity index (χ3v) is 3.41. The van der Waals surface area contributed by atoms with Gasteiger partial charge >= 0.3 is 5.97 Å². The summed E-state index contributed by atoms with van der Waals surface area (Å²) in [4.78, 5) is 11.3. The van der Waals surface area contributed by atoms with Gasteiger partial charge in [-0.2, -0.15) is 0 Å². The third kappa shape index (κ3) is 3.18. The van der Waals surface area contributed by atoms with Crippen molar-refractivity contribution in [2.75, 3.05) is 0 Å². The number of aliphatic carboxylic acids is 1. The molecule has 20 heavy (non-hydrogen) atoms. The predicted molar refractivity (Wildman–Crippen MR) is 78.4 cm³/mol. The lowest BCUT2D eigenvalue weighted by Crippen LogP contribution is -2.00. The summed E-state index contributed by atoms with van der Waals surface area (Å²) in [5.74, 6) is -1.67. The van der Waals surface area contributed by atoms with Crippen LogP contribution in [0.2, 0.25) is 10.0 Å². The van der Waals surface area contributed by atoms with Gasteiger partial charge in [-0.15, -0.1) is 0 Å². The highest BCUT2D eigenvalue weighted by Crippen LogP contribution is 2.27. The molecule has 2 aromatic rings. The maximum atomic E-state index is 13.6. The largest absolute Gasteiger partial charge is 0.478 e. The van der Waals surface area contributed by atoms with Crippen LogP contribution in [-0.2, 0) is 4.79 Å². The van der Waals surface area contributed by atoms with Crippen LogP contribution in [0.15, 0.2) is 42.5 Å². The lowest BCUT2D eigenvalue weighted by molar-refractivity contribution is -0.130. The van der Waals surface area contributed by atoms with Crippen LogP contribution in [-0.4, -0.2) is 11.1 Å². The summed E-state index contributed by atoms with van der Waals surface area (Å²) < 4.78 is 13.6. The fourth-order valence-electron chi connectivity index (χ4n) is 1.68. The Kier molecular flexibility index (Phi) is 4.42. The molecular weight excluding hydrogens is 302 g/mol.